The molecule has 1 aliphatic heterocycles. The van der Waals surface area contributed by atoms with Gasteiger partial charge in [0.1, 0.15) is 11.4 Å². The van der Waals surface area contributed by atoms with Crippen LogP contribution in [0.1, 0.15) is 31.9 Å². The van der Waals surface area contributed by atoms with Crippen LogP contribution in [0.15, 0.2) is 22.7 Å². The monoisotopic (exact) mass is 256 g/mol. The lowest BCUT2D eigenvalue weighted by Gasteiger charge is -2.35. The summed E-state index contributed by atoms with van der Waals surface area (Å²) in [6, 6.07) is 5.72. The molecule has 0 aliphatic carbocycles. The summed E-state index contributed by atoms with van der Waals surface area (Å²) in [4.78, 5) is 0. The zero-order valence-corrected chi connectivity index (χ0v) is 9.84. The van der Waals surface area contributed by atoms with Gasteiger partial charge < -0.3 is 9.84 Å². The van der Waals surface area contributed by atoms with E-state index in [9.17, 15) is 5.11 Å². The first kappa shape index (κ1) is 9.99. The summed E-state index contributed by atoms with van der Waals surface area (Å²) in [5.74, 6) is 0.781. The Morgan fingerprint density at radius 1 is 1.50 bits per heavy atom. The highest BCUT2D eigenvalue weighted by molar-refractivity contribution is 9.10. The van der Waals surface area contributed by atoms with Crippen molar-refractivity contribution in [3.05, 3.63) is 28.2 Å². The lowest BCUT2D eigenvalue weighted by Crippen LogP contribution is -2.34. The van der Waals surface area contributed by atoms with Gasteiger partial charge in [-0.2, -0.15) is 0 Å². The third-order valence-corrected chi connectivity index (χ3v) is 2.90. The average Bonchev–Trinajstić information content (AvgIpc) is 2.00. The minimum atomic E-state index is -0.415. The molecule has 0 fully saturated rings. The summed E-state index contributed by atoms with van der Waals surface area (Å²) in [7, 11) is 0. The molecule has 0 unspecified atom stereocenters. The van der Waals surface area contributed by atoms with E-state index in [-0.39, 0.29) is 5.60 Å². The van der Waals surface area contributed by atoms with Crippen LogP contribution < -0.4 is 4.74 Å². The number of aliphatic hydroxyl groups excluding tert-OH is 1. The van der Waals surface area contributed by atoms with Gasteiger partial charge in [0.15, 0.2) is 0 Å². The van der Waals surface area contributed by atoms with Crippen molar-refractivity contribution in [3.63, 3.8) is 0 Å². The largest absolute Gasteiger partial charge is 0.487 e. The maximum absolute atomic E-state index is 9.89. The summed E-state index contributed by atoms with van der Waals surface area (Å²) in [5.41, 5.74) is 0.597. The van der Waals surface area contributed by atoms with Gasteiger partial charge in [-0.15, -0.1) is 0 Å². The van der Waals surface area contributed by atoms with E-state index in [1.165, 1.54) is 0 Å². The summed E-state index contributed by atoms with van der Waals surface area (Å²) in [6.45, 7) is 3.97. The summed E-state index contributed by atoms with van der Waals surface area (Å²) >= 11 is 3.39. The highest BCUT2D eigenvalue weighted by Crippen LogP contribution is 2.40. The Kier molecular flexibility index (Phi) is 2.32. The highest BCUT2D eigenvalue weighted by atomic mass is 79.9. The molecule has 1 N–H and O–H groups in total. The lowest BCUT2D eigenvalue weighted by molar-refractivity contribution is 0.0115. The maximum Gasteiger partial charge on any atom is 0.127 e. The van der Waals surface area contributed by atoms with Crippen molar-refractivity contribution >= 4 is 15.9 Å². The quantitative estimate of drug-likeness (QED) is 0.774. The summed E-state index contributed by atoms with van der Waals surface area (Å²) in [5, 5.41) is 9.89. The number of hydrogen-bond acceptors (Lipinski definition) is 2. The molecule has 1 aliphatic rings. The topological polar surface area (TPSA) is 29.5 Å². The Bertz CT molecular complexity index is 360. The molecule has 0 spiro atoms. The predicted octanol–water partition coefficient (Wildman–Crippen LogP) is 3.04. The number of aliphatic hydroxyl groups is 1. The van der Waals surface area contributed by atoms with Gasteiger partial charge in [-0.25, -0.2) is 0 Å². The Morgan fingerprint density at radius 2 is 2.21 bits per heavy atom. The Hall–Kier alpha value is -0.540. The van der Waals surface area contributed by atoms with E-state index in [2.05, 4.69) is 15.9 Å². The minimum absolute atomic E-state index is 0.285. The first-order chi connectivity index (χ1) is 6.48. The fourth-order valence-electron chi connectivity index (χ4n) is 1.79. The first-order valence-corrected chi connectivity index (χ1v) is 5.44. The van der Waals surface area contributed by atoms with Crippen molar-refractivity contribution in [2.75, 3.05) is 0 Å². The van der Waals surface area contributed by atoms with Crippen LogP contribution in [0, 0.1) is 0 Å². The second-order valence-corrected chi connectivity index (χ2v) is 5.18. The van der Waals surface area contributed by atoms with Crippen LogP contribution in [0.4, 0.5) is 0 Å². The van der Waals surface area contributed by atoms with Gasteiger partial charge in [0.05, 0.1) is 6.10 Å². The molecule has 0 bridgehead atoms. The normalized spacial score (nSPS) is 23.9. The number of hydrogen-bond donors (Lipinski definition) is 1. The van der Waals surface area contributed by atoms with Crippen molar-refractivity contribution in [3.8, 4) is 5.75 Å². The second kappa shape index (κ2) is 3.24. The number of rotatable bonds is 0. The standard InChI is InChI=1S/C11H13BrO2/c1-11(2)6-9(13)8-4-3-7(12)5-10(8)14-11/h3-5,9,13H,6H2,1-2H3/t9-/m0/s1. The van der Waals surface area contributed by atoms with Gasteiger partial charge in [0.25, 0.3) is 0 Å². The molecule has 76 valence electrons. The van der Waals surface area contributed by atoms with Crippen LogP contribution in [0.3, 0.4) is 0 Å². The Morgan fingerprint density at radius 3 is 2.93 bits per heavy atom. The molecule has 1 aromatic carbocycles. The van der Waals surface area contributed by atoms with Crippen LogP contribution in [0.25, 0.3) is 0 Å². The van der Waals surface area contributed by atoms with Gasteiger partial charge in [-0.3, -0.25) is 0 Å². The van der Waals surface area contributed by atoms with E-state index in [4.69, 9.17) is 4.74 Å². The molecule has 1 heterocycles. The summed E-state index contributed by atoms with van der Waals surface area (Å²) < 4.78 is 6.75. The minimum Gasteiger partial charge on any atom is -0.487 e. The molecule has 1 atom stereocenters. The molecule has 2 rings (SSSR count). The van der Waals surface area contributed by atoms with Crippen LogP contribution in [0.5, 0.6) is 5.75 Å². The first-order valence-electron chi connectivity index (χ1n) is 4.64. The lowest BCUT2D eigenvalue weighted by atomic mass is 9.92. The molecule has 2 nitrogen and oxygen atoms in total. The smallest absolute Gasteiger partial charge is 0.127 e. The zero-order chi connectivity index (χ0) is 10.3. The van der Waals surface area contributed by atoms with E-state index in [0.29, 0.717) is 6.42 Å². The predicted molar refractivity (Wildman–Crippen MR) is 58.4 cm³/mol. The third kappa shape index (κ3) is 1.79. The SMILES string of the molecule is CC1(C)C[C@H](O)c2ccc(Br)cc2O1. The van der Waals surface area contributed by atoms with Crippen LogP contribution in [-0.2, 0) is 0 Å². The van der Waals surface area contributed by atoms with Crippen molar-refractivity contribution in [2.45, 2.75) is 32.0 Å². The van der Waals surface area contributed by atoms with E-state index < -0.39 is 6.10 Å². The fraction of sp³-hybridized carbons (Fsp3) is 0.455. The molecule has 0 aromatic heterocycles. The number of benzene rings is 1. The van der Waals surface area contributed by atoms with E-state index >= 15 is 0 Å². The molecule has 0 radical (unpaired) electrons. The van der Waals surface area contributed by atoms with Gasteiger partial charge in [-0.1, -0.05) is 22.0 Å². The molecule has 1 aromatic rings. The Labute approximate surface area is 92.0 Å². The zero-order valence-electron chi connectivity index (χ0n) is 8.25. The van der Waals surface area contributed by atoms with E-state index in [1.54, 1.807) is 0 Å². The average molecular weight is 257 g/mol. The van der Waals surface area contributed by atoms with Crippen LogP contribution in [-0.4, -0.2) is 10.7 Å². The number of ether oxygens (including phenoxy) is 1. The van der Waals surface area contributed by atoms with E-state index in [0.717, 1.165) is 15.8 Å². The molecule has 0 amide bonds. The van der Waals surface area contributed by atoms with Crippen molar-refractivity contribution in [2.24, 2.45) is 0 Å². The third-order valence-electron chi connectivity index (χ3n) is 2.41. The van der Waals surface area contributed by atoms with Gasteiger partial charge >= 0.3 is 0 Å². The van der Waals surface area contributed by atoms with Gasteiger partial charge in [0, 0.05) is 16.5 Å². The molecular formula is C11H13BrO2. The van der Waals surface area contributed by atoms with Crippen molar-refractivity contribution in [1.29, 1.82) is 0 Å². The van der Waals surface area contributed by atoms with Crippen molar-refractivity contribution < 1.29 is 9.84 Å². The van der Waals surface area contributed by atoms with Crippen LogP contribution >= 0.6 is 15.9 Å². The number of halogens is 1. The van der Waals surface area contributed by atoms with E-state index in [1.807, 2.05) is 32.0 Å². The molecule has 0 saturated heterocycles. The maximum atomic E-state index is 9.89. The molecular weight excluding hydrogens is 244 g/mol. The fourth-order valence-corrected chi connectivity index (χ4v) is 2.13. The van der Waals surface area contributed by atoms with Crippen molar-refractivity contribution in [1.82, 2.24) is 0 Å². The Balaban J connectivity index is 2.46. The number of fused-ring (bicyclic) bond motifs is 1. The summed E-state index contributed by atoms with van der Waals surface area (Å²) in [6.07, 6.45) is 0.226. The highest BCUT2D eigenvalue weighted by Gasteiger charge is 2.32. The molecule has 0 saturated carbocycles. The molecule has 3 heteroatoms. The van der Waals surface area contributed by atoms with Crippen LogP contribution in [0.2, 0.25) is 0 Å². The second-order valence-electron chi connectivity index (χ2n) is 4.26. The van der Waals surface area contributed by atoms with Gasteiger partial charge in [0.2, 0.25) is 0 Å². The molecule has 14 heavy (non-hydrogen) atoms. The van der Waals surface area contributed by atoms with Gasteiger partial charge in [-0.05, 0) is 26.0 Å².